The Labute approximate surface area is 140 Å². The minimum atomic E-state index is -0.476. The summed E-state index contributed by atoms with van der Waals surface area (Å²) >= 11 is 3.40. The van der Waals surface area contributed by atoms with Crippen molar-refractivity contribution in [2.45, 2.75) is 45.7 Å². The molecule has 122 valence electrons. The summed E-state index contributed by atoms with van der Waals surface area (Å²) in [4.78, 5) is 23.4. The van der Waals surface area contributed by atoms with Gasteiger partial charge in [0.15, 0.2) is 0 Å². The maximum absolute atomic E-state index is 11.8. The van der Waals surface area contributed by atoms with Gasteiger partial charge in [-0.3, -0.25) is 10.1 Å². The largest absolute Gasteiger partial charge is 0.333 e. The Bertz CT molecular complexity index is 509. The van der Waals surface area contributed by atoms with Gasteiger partial charge in [0.2, 0.25) is 5.91 Å². The van der Waals surface area contributed by atoms with Gasteiger partial charge in [-0.05, 0) is 44.9 Å². The topological polar surface area (TPSA) is 70.2 Å². The molecule has 0 radical (unpaired) electrons. The van der Waals surface area contributed by atoms with Crippen molar-refractivity contribution in [1.82, 2.24) is 16.0 Å². The second-order valence-electron chi connectivity index (χ2n) is 6.15. The highest BCUT2D eigenvalue weighted by Gasteiger charge is 2.16. The number of hydrogen-bond acceptors (Lipinski definition) is 3. The molecule has 0 aliphatic heterocycles. The number of imide groups is 1. The van der Waals surface area contributed by atoms with E-state index >= 15 is 0 Å². The van der Waals surface area contributed by atoms with Crippen LogP contribution in [-0.4, -0.2) is 24.0 Å². The van der Waals surface area contributed by atoms with Crippen LogP contribution in [0.3, 0.4) is 0 Å². The zero-order chi connectivity index (χ0) is 16.8. The monoisotopic (exact) mass is 369 g/mol. The molecule has 0 heterocycles. The molecular formula is C16H24BrN3O2. The molecule has 0 aliphatic rings. The average Bonchev–Trinajstić information content (AvgIpc) is 2.39. The lowest BCUT2D eigenvalue weighted by Gasteiger charge is -2.21. The first-order valence-electron chi connectivity index (χ1n) is 7.32. The number of nitrogens with one attached hydrogen (secondary N) is 3. The second kappa shape index (κ2) is 8.29. The van der Waals surface area contributed by atoms with Crippen molar-refractivity contribution in [2.75, 3.05) is 6.54 Å². The van der Waals surface area contributed by atoms with Crippen molar-refractivity contribution in [3.8, 4) is 0 Å². The van der Waals surface area contributed by atoms with E-state index in [9.17, 15) is 9.59 Å². The number of rotatable bonds is 5. The summed E-state index contributed by atoms with van der Waals surface area (Å²) in [6.07, 6.45) is 0.850. The van der Waals surface area contributed by atoms with Gasteiger partial charge in [-0.2, -0.15) is 0 Å². The van der Waals surface area contributed by atoms with Crippen LogP contribution in [0.2, 0.25) is 0 Å². The van der Waals surface area contributed by atoms with Crippen molar-refractivity contribution < 1.29 is 9.59 Å². The van der Waals surface area contributed by atoms with Crippen LogP contribution in [-0.2, 0) is 4.79 Å². The SMILES string of the molecule is CC[C@@H](NCC(=O)NC(=O)NC(C)(C)C)c1ccc(Br)cc1. The van der Waals surface area contributed by atoms with Crippen LogP contribution >= 0.6 is 15.9 Å². The molecule has 3 N–H and O–H groups in total. The molecular weight excluding hydrogens is 346 g/mol. The number of urea groups is 1. The zero-order valence-electron chi connectivity index (χ0n) is 13.5. The van der Waals surface area contributed by atoms with Crippen LogP contribution in [0.4, 0.5) is 4.79 Å². The Morgan fingerprint density at radius 3 is 2.27 bits per heavy atom. The standard InChI is InChI=1S/C16H24BrN3O2/c1-5-13(11-6-8-12(17)9-7-11)18-10-14(21)19-15(22)20-16(2,3)4/h6-9,13,18H,5,10H2,1-4H3,(H2,19,20,21,22)/t13-/m1/s1. The van der Waals surface area contributed by atoms with Gasteiger partial charge >= 0.3 is 6.03 Å². The van der Waals surface area contributed by atoms with E-state index in [1.54, 1.807) is 0 Å². The minimum absolute atomic E-state index is 0.0736. The first-order valence-corrected chi connectivity index (χ1v) is 8.11. The lowest BCUT2D eigenvalue weighted by atomic mass is 10.0. The molecule has 3 amide bonds. The van der Waals surface area contributed by atoms with E-state index in [2.05, 4.69) is 31.9 Å². The van der Waals surface area contributed by atoms with Crippen molar-refractivity contribution >= 4 is 27.9 Å². The molecule has 1 aromatic carbocycles. The number of benzene rings is 1. The highest BCUT2D eigenvalue weighted by atomic mass is 79.9. The van der Waals surface area contributed by atoms with Crippen LogP contribution in [0.15, 0.2) is 28.7 Å². The molecule has 6 heteroatoms. The average molecular weight is 370 g/mol. The summed E-state index contributed by atoms with van der Waals surface area (Å²) in [6.45, 7) is 7.71. The van der Waals surface area contributed by atoms with E-state index < -0.39 is 6.03 Å². The smallest absolute Gasteiger partial charge is 0.321 e. The van der Waals surface area contributed by atoms with E-state index in [0.29, 0.717) is 0 Å². The molecule has 0 saturated heterocycles. The molecule has 0 bridgehead atoms. The Kier molecular flexibility index (Phi) is 7.03. The first-order chi connectivity index (χ1) is 10.2. The van der Waals surface area contributed by atoms with E-state index in [1.807, 2.05) is 52.0 Å². The van der Waals surface area contributed by atoms with Crippen molar-refractivity contribution in [2.24, 2.45) is 0 Å². The Morgan fingerprint density at radius 1 is 1.18 bits per heavy atom. The van der Waals surface area contributed by atoms with Crippen LogP contribution in [0.5, 0.6) is 0 Å². The van der Waals surface area contributed by atoms with Crippen LogP contribution in [0.1, 0.15) is 45.7 Å². The van der Waals surface area contributed by atoms with Gasteiger partial charge in [-0.25, -0.2) is 4.79 Å². The summed E-state index contributed by atoms with van der Waals surface area (Å²) in [5.74, 6) is -0.350. The predicted molar refractivity (Wildman–Crippen MR) is 91.6 cm³/mol. The molecule has 1 aromatic rings. The summed E-state index contributed by atoms with van der Waals surface area (Å²) in [5.41, 5.74) is 0.735. The minimum Gasteiger partial charge on any atom is -0.333 e. The molecule has 0 aliphatic carbocycles. The molecule has 1 atom stereocenters. The zero-order valence-corrected chi connectivity index (χ0v) is 15.1. The van der Waals surface area contributed by atoms with Crippen LogP contribution in [0.25, 0.3) is 0 Å². The number of hydrogen-bond donors (Lipinski definition) is 3. The summed E-state index contributed by atoms with van der Waals surface area (Å²) < 4.78 is 1.02. The Balaban J connectivity index is 2.47. The van der Waals surface area contributed by atoms with Crippen LogP contribution < -0.4 is 16.0 Å². The molecule has 0 saturated carbocycles. The van der Waals surface area contributed by atoms with Gasteiger partial charge < -0.3 is 10.6 Å². The van der Waals surface area contributed by atoms with Crippen molar-refractivity contribution in [1.29, 1.82) is 0 Å². The molecule has 0 aromatic heterocycles. The van der Waals surface area contributed by atoms with Gasteiger partial charge in [0.1, 0.15) is 0 Å². The lowest BCUT2D eigenvalue weighted by Crippen LogP contribution is -2.50. The summed E-state index contributed by atoms with van der Waals surface area (Å²) in [5, 5.41) is 8.17. The number of amides is 3. The highest BCUT2D eigenvalue weighted by Crippen LogP contribution is 2.19. The molecule has 1 rings (SSSR count). The lowest BCUT2D eigenvalue weighted by molar-refractivity contribution is -0.119. The Hall–Kier alpha value is -1.40. The Morgan fingerprint density at radius 2 is 1.77 bits per heavy atom. The van der Waals surface area contributed by atoms with E-state index in [4.69, 9.17) is 0 Å². The van der Waals surface area contributed by atoms with Gasteiger partial charge in [0.25, 0.3) is 0 Å². The highest BCUT2D eigenvalue weighted by molar-refractivity contribution is 9.10. The first kappa shape index (κ1) is 18.6. The van der Waals surface area contributed by atoms with Crippen molar-refractivity contribution in [3.05, 3.63) is 34.3 Å². The maximum Gasteiger partial charge on any atom is 0.321 e. The fourth-order valence-electron chi connectivity index (χ4n) is 1.95. The molecule has 5 nitrogen and oxygen atoms in total. The maximum atomic E-state index is 11.8. The fourth-order valence-corrected chi connectivity index (χ4v) is 2.22. The molecule has 0 spiro atoms. The van der Waals surface area contributed by atoms with Gasteiger partial charge in [0, 0.05) is 16.1 Å². The second-order valence-corrected chi connectivity index (χ2v) is 7.06. The normalized spacial score (nSPS) is 12.6. The number of halogens is 1. The fraction of sp³-hybridized carbons (Fsp3) is 0.500. The summed E-state index contributed by atoms with van der Waals surface area (Å²) in [6, 6.07) is 7.55. The van der Waals surface area contributed by atoms with Crippen molar-refractivity contribution in [3.63, 3.8) is 0 Å². The molecule has 0 unspecified atom stereocenters. The van der Waals surface area contributed by atoms with E-state index in [0.717, 1.165) is 16.5 Å². The van der Waals surface area contributed by atoms with Crippen LogP contribution in [0, 0.1) is 0 Å². The van der Waals surface area contributed by atoms with E-state index in [1.165, 1.54) is 0 Å². The third-order valence-corrected chi connectivity index (χ3v) is 3.46. The van der Waals surface area contributed by atoms with E-state index in [-0.39, 0.29) is 24.0 Å². The van der Waals surface area contributed by atoms with Gasteiger partial charge in [-0.15, -0.1) is 0 Å². The van der Waals surface area contributed by atoms with Gasteiger partial charge in [0.05, 0.1) is 6.54 Å². The number of carbonyl (C=O) groups excluding carboxylic acids is 2. The third-order valence-electron chi connectivity index (χ3n) is 2.93. The third kappa shape index (κ3) is 7.04. The molecule has 0 fully saturated rings. The molecule has 22 heavy (non-hydrogen) atoms. The number of carbonyl (C=O) groups is 2. The quantitative estimate of drug-likeness (QED) is 0.746. The summed E-state index contributed by atoms with van der Waals surface area (Å²) in [7, 11) is 0. The van der Waals surface area contributed by atoms with Gasteiger partial charge in [-0.1, -0.05) is 35.0 Å². The predicted octanol–water partition coefficient (Wildman–Crippen LogP) is 3.11.